The number of carbonyl (C=O) groups is 2. The topological polar surface area (TPSA) is 55.4 Å². The third kappa shape index (κ3) is 4.78. The second-order valence-electron chi connectivity index (χ2n) is 6.74. The fourth-order valence-corrected chi connectivity index (χ4v) is 3.53. The standard InChI is InChI=1S/C19H27FN2O3/c1-4-22(9-7-6-8-10-22)13-17(23)21-18-14(3)11-15(20)12-16(18)19(24)25-5-2/h11-12H,4-10,13H2,1-3H3/p+1. The molecule has 25 heavy (non-hydrogen) atoms. The second-order valence-corrected chi connectivity index (χ2v) is 6.74. The van der Waals surface area contributed by atoms with Gasteiger partial charge in [-0.3, -0.25) is 4.79 Å². The molecule has 138 valence electrons. The molecule has 5 nitrogen and oxygen atoms in total. The molecule has 6 heteroatoms. The van der Waals surface area contributed by atoms with Crippen LogP contribution in [0.25, 0.3) is 0 Å². The molecule has 0 radical (unpaired) electrons. The average Bonchev–Trinajstić information content (AvgIpc) is 2.58. The lowest BCUT2D eigenvalue weighted by Crippen LogP contribution is -2.55. The van der Waals surface area contributed by atoms with Crippen molar-refractivity contribution in [2.45, 2.75) is 40.0 Å². The Labute approximate surface area is 148 Å². The molecule has 1 aliphatic rings. The van der Waals surface area contributed by atoms with Gasteiger partial charge in [0, 0.05) is 0 Å². The summed E-state index contributed by atoms with van der Waals surface area (Å²) < 4.78 is 19.5. The van der Waals surface area contributed by atoms with E-state index in [1.54, 1.807) is 13.8 Å². The first-order chi connectivity index (χ1) is 11.9. The maximum Gasteiger partial charge on any atom is 0.340 e. The Bertz CT molecular complexity index is 640. The molecular weight excluding hydrogens is 323 g/mol. The van der Waals surface area contributed by atoms with Gasteiger partial charge in [-0.25, -0.2) is 9.18 Å². The van der Waals surface area contributed by atoms with Crippen LogP contribution in [0.3, 0.4) is 0 Å². The van der Waals surface area contributed by atoms with Crippen LogP contribution in [0.4, 0.5) is 10.1 Å². The first kappa shape index (κ1) is 19.4. The number of likely N-dealkylation sites (N-methyl/N-ethyl adjacent to an activating group) is 1. The Kier molecular flexibility index (Phi) is 6.53. The van der Waals surface area contributed by atoms with Gasteiger partial charge in [0.15, 0.2) is 6.54 Å². The van der Waals surface area contributed by atoms with Gasteiger partial charge in [0.2, 0.25) is 0 Å². The number of hydrogen-bond donors (Lipinski definition) is 1. The highest BCUT2D eigenvalue weighted by molar-refractivity contribution is 6.02. The Balaban J connectivity index is 2.20. The van der Waals surface area contributed by atoms with Gasteiger partial charge in [0.1, 0.15) is 5.82 Å². The summed E-state index contributed by atoms with van der Waals surface area (Å²) in [6.07, 6.45) is 3.47. The summed E-state index contributed by atoms with van der Waals surface area (Å²) >= 11 is 0. The van der Waals surface area contributed by atoms with Gasteiger partial charge >= 0.3 is 5.97 Å². The summed E-state index contributed by atoms with van der Waals surface area (Å²) in [4.78, 5) is 24.8. The van der Waals surface area contributed by atoms with E-state index in [0.29, 0.717) is 17.8 Å². The first-order valence-corrected chi connectivity index (χ1v) is 9.03. The number of piperidine rings is 1. The fraction of sp³-hybridized carbons (Fsp3) is 0.579. The van der Waals surface area contributed by atoms with E-state index in [-0.39, 0.29) is 18.1 Å². The van der Waals surface area contributed by atoms with Gasteiger partial charge in [-0.1, -0.05) is 0 Å². The SMILES string of the molecule is CCOC(=O)c1cc(F)cc(C)c1NC(=O)C[N+]1(CC)CCCCC1. The highest BCUT2D eigenvalue weighted by Crippen LogP contribution is 2.24. The first-order valence-electron chi connectivity index (χ1n) is 9.03. The molecule has 1 N–H and O–H groups in total. The van der Waals surface area contributed by atoms with Crippen LogP contribution < -0.4 is 5.32 Å². The van der Waals surface area contributed by atoms with Crippen molar-refractivity contribution < 1.29 is 23.2 Å². The number of rotatable bonds is 6. The van der Waals surface area contributed by atoms with Crippen LogP contribution in [0.1, 0.15) is 49.0 Å². The fourth-order valence-electron chi connectivity index (χ4n) is 3.53. The van der Waals surface area contributed by atoms with E-state index in [0.717, 1.165) is 43.0 Å². The van der Waals surface area contributed by atoms with E-state index in [4.69, 9.17) is 4.74 Å². The molecule has 0 saturated carbocycles. The normalized spacial score (nSPS) is 16.3. The number of quaternary nitrogens is 1. The third-order valence-electron chi connectivity index (χ3n) is 4.97. The number of benzene rings is 1. The molecular formula is C19H28FN2O3+. The van der Waals surface area contributed by atoms with Crippen LogP contribution in [0.5, 0.6) is 0 Å². The van der Waals surface area contributed by atoms with Crippen LogP contribution in [-0.4, -0.2) is 49.1 Å². The number of halogens is 1. The van der Waals surface area contributed by atoms with Crippen LogP contribution in [-0.2, 0) is 9.53 Å². The lowest BCUT2D eigenvalue weighted by molar-refractivity contribution is -0.923. The molecule has 2 rings (SSSR count). The van der Waals surface area contributed by atoms with Crippen LogP contribution >= 0.6 is 0 Å². The van der Waals surface area contributed by atoms with Crippen molar-refractivity contribution >= 4 is 17.6 Å². The Morgan fingerprint density at radius 3 is 2.48 bits per heavy atom. The zero-order chi connectivity index (χ0) is 18.4. The van der Waals surface area contributed by atoms with Crippen molar-refractivity contribution in [1.82, 2.24) is 0 Å². The number of anilines is 1. The molecule has 1 heterocycles. The van der Waals surface area contributed by atoms with Gasteiger partial charge in [-0.15, -0.1) is 0 Å². The minimum absolute atomic E-state index is 0.0643. The maximum absolute atomic E-state index is 13.7. The Morgan fingerprint density at radius 2 is 1.88 bits per heavy atom. The number of amides is 1. The summed E-state index contributed by atoms with van der Waals surface area (Å²) in [6.45, 7) is 8.92. The molecule has 0 aliphatic carbocycles. The number of likely N-dealkylation sites (tertiary alicyclic amines) is 1. The van der Waals surface area contributed by atoms with Gasteiger partial charge in [-0.05, 0) is 57.7 Å². The minimum atomic E-state index is -0.627. The van der Waals surface area contributed by atoms with Gasteiger partial charge in [-0.2, -0.15) is 0 Å². The Morgan fingerprint density at radius 1 is 1.20 bits per heavy atom. The smallest absolute Gasteiger partial charge is 0.340 e. The van der Waals surface area contributed by atoms with Crippen LogP contribution in [0.15, 0.2) is 12.1 Å². The quantitative estimate of drug-likeness (QED) is 0.632. The summed E-state index contributed by atoms with van der Waals surface area (Å²) in [5.41, 5.74) is 0.920. The summed E-state index contributed by atoms with van der Waals surface area (Å²) in [6, 6.07) is 2.43. The van der Waals surface area contributed by atoms with Crippen LogP contribution in [0, 0.1) is 12.7 Å². The third-order valence-corrected chi connectivity index (χ3v) is 4.97. The van der Waals surface area contributed by atoms with Crippen molar-refractivity contribution in [3.8, 4) is 0 Å². The van der Waals surface area contributed by atoms with E-state index < -0.39 is 11.8 Å². The predicted molar refractivity (Wildman–Crippen MR) is 95.0 cm³/mol. The molecule has 0 aromatic heterocycles. The van der Waals surface area contributed by atoms with Gasteiger partial charge in [0.05, 0.1) is 37.5 Å². The molecule has 0 unspecified atom stereocenters. The summed E-state index contributed by atoms with van der Waals surface area (Å²) in [7, 11) is 0. The van der Waals surface area contributed by atoms with E-state index in [1.165, 1.54) is 12.5 Å². The van der Waals surface area contributed by atoms with Gasteiger partial charge < -0.3 is 14.5 Å². The molecule has 0 bridgehead atoms. The molecule has 1 aliphatic heterocycles. The predicted octanol–water partition coefficient (Wildman–Crippen LogP) is 3.27. The van der Waals surface area contributed by atoms with Crippen molar-refractivity contribution in [3.05, 3.63) is 29.1 Å². The van der Waals surface area contributed by atoms with Crippen LogP contribution in [0.2, 0.25) is 0 Å². The summed E-state index contributed by atoms with van der Waals surface area (Å²) in [5, 5.41) is 2.83. The number of esters is 1. The number of nitrogens with one attached hydrogen (secondary N) is 1. The van der Waals surface area contributed by atoms with Crippen molar-refractivity contribution in [2.75, 3.05) is 38.1 Å². The average molecular weight is 351 g/mol. The van der Waals surface area contributed by atoms with Crippen molar-refractivity contribution in [2.24, 2.45) is 0 Å². The van der Waals surface area contributed by atoms with E-state index in [9.17, 15) is 14.0 Å². The molecule has 1 amide bonds. The largest absolute Gasteiger partial charge is 0.462 e. The number of hydrogen-bond acceptors (Lipinski definition) is 3. The highest BCUT2D eigenvalue weighted by atomic mass is 19.1. The second kappa shape index (κ2) is 8.43. The molecule has 0 atom stereocenters. The molecule has 1 fully saturated rings. The molecule has 0 spiro atoms. The number of carbonyl (C=O) groups excluding carboxylic acids is 2. The van der Waals surface area contributed by atoms with Crippen molar-refractivity contribution in [1.29, 1.82) is 0 Å². The monoisotopic (exact) mass is 351 g/mol. The van der Waals surface area contributed by atoms with Crippen molar-refractivity contribution in [3.63, 3.8) is 0 Å². The number of ether oxygens (including phenoxy) is 1. The maximum atomic E-state index is 13.7. The van der Waals surface area contributed by atoms with Gasteiger partial charge in [0.25, 0.3) is 5.91 Å². The number of aryl methyl sites for hydroxylation is 1. The minimum Gasteiger partial charge on any atom is -0.462 e. The zero-order valence-corrected chi connectivity index (χ0v) is 15.4. The van der Waals surface area contributed by atoms with E-state index in [1.807, 2.05) is 0 Å². The zero-order valence-electron chi connectivity index (χ0n) is 15.4. The van der Waals surface area contributed by atoms with E-state index >= 15 is 0 Å². The summed E-state index contributed by atoms with van der Waals surface area (Å²) in [5.74, 6) is -1.30. The lowest BCUT2D eigenvalue weighted by atomic mass is 10.1. The van der Waals surface area contributed by atoms with E-state index in [2.05, 4.69) is 12.2 Å². The lowest BCUT2D eigenvalue weighted by Gasteiger charge is -2.40. The Hall–Kier alpha value is -1.95. The molecule has 1 saturated heterocycles. The highest BCUT2D eigenvalue weighted by Gasteiger charge is 2.31. The molecule has 1 aromatic carbocycles. The number of nitrogens with zero attached hydrogens (tertiary/aromatic N) is 1. The molecule has 1 aromatic rings.